The topological polar surface area (TPSA) is 44.4 Å². The molecule has 0 unspecified atom stereocenters. The summed E-state index contributed by atoms with van der Waals surface area (Å²) in [6.07, 6.45) is -2.10. The summed E-state index contributed by atoms with van der Waals surface area (Å²) >= 11 is 0. The molecular weight excluding hydrogens is 307 g/mol. The lowest BCUT2D eigenvalue weighted by Crippen LogP contribution is -2.48. The molecule has 0 spiro atoms. The highest BCUT2D eigenvalue weighted by molar-refractivity contribution is 5.90. The minimum absolute atomic E-state index is 0.0641. The largest absolute Gasteiger partial charge is 0.418 e. The number of nitrogens with zero attached hydrogens (tertiary/aromatic N) is 1. The second kappa shape index (κ2) is 7.68. The smallest absolute Gasteiger partial charge is 0.321 e. The highest BCUT2D eigenvalue weighted by atomic mass is 19.4. The number of para-hydroxylation sites is 1. The zero-order valence-corrected chi connectivity index (χ0v) is 13.1. The monoisotopic (exact) mass is 329 g/mol. The van der Waals surface area contributed by atoms with Crippen LogP contribution in [0.3, 0.4) is 0 Å². The van der Waals surface area contributed by atoms with E-state index in [1.54, 1.807) is 4.90 Å². The van der Waals surface area contributed by atoms with Gasteiger partial charge in [0, 0.05) is 12.6 Å². The predicted octanol–water partition coefficient (Wildman–Crippen LogP) is 3.70. The molecule has 23 heavy (non-hydrogen) atoms. The van der Waals surface area contributed by atoms with Crippen molar-refractivity contribution in [1.29, 1.82) is 0 Å². The minimum Gasteiger partial charge on any atom is -0.321 e. The molecule has 1 aliphatic rings. The van der Waals surface area contributed by atoms with Crippen molar-refractivity contribution in [2.75, 3.05) is 25.0 Å². The van der Waals surface area contributed by atoms with E-state index in [4.69, 9.17) is 0 Å². The fraction of sp³-hybridized carbons (Fsp3) is 0.562. The van der Waals surface area contributed by atoms with Gasteiger partial charge in [-0.3, -0.25) is 0 Å². The van der Waals surface area contributed by atoms with Crippen LogP contribution in [0.25, 0.3) is 0 Å². The number of halogens is 3. The first-order valence-electron chi connectivity index (χ1n) is 7.88. The summed E-state index contributed by atoms with van der Waals surface area (Å²) < 4.78 is 39.1. The molecule has 1 heterocycles. The SMILES string of the molecule is CCCN(C(=O)Nc1ccccc1C(F)(F)F)C1CCNCC1. The molecule has 2 rings (SSSR count). The molecular formula is C16H22F3N3O. The fourth-order valence-electron chi connectivity index (χ4n) is 2.84. The second-order valence-electron chi connectivity index (χ2n) is 5.65. The summed E-state index contributed by atoms with van der Waals surface area (Å²) in [4.78, 5) is 14.2. The molecule has 1 saturated heterocycles. The summed E-state index contributed by atoms with van der Waals surface area (Å²) in [7, 11) is 0. The molecule has 0 aromatic heterocycles. The first-order valence-corrected chi connectivity index (χ1v) is 7.88. The molecule has 1 fully saturated rings. The molecule has 0 radical (unpaired) electrons. The van der Waals surface area contributed by atoms with Gasteiger partial charge < -0.3 is 15.5 Å². The van der Waals surface area contributed by atoms with E-state index in [-0.39, 0.29) is 11.7 Å². The first-order chi connectivity index (χ1) is 10.9. The Balaban J connectivity index is 2.15. The number of alkyl halides is 3. The Morgan fingerprint density at radius 3 is 2.57 bits per heavy atom. The number of urea groups is 1. The Morgan fingerprint density at radius 2 is 1.96 bits per heavy atom. The zero-order valence-electron chi connectivity index (χ0n) is 13.1. The molecule has 128 valence electrons. The van der Waals surface area contributed by atoms with Gasteiger partial charge >= 0.3 is 12.2 Å². The van der Waals surface area contributed by atoms with Crippen molar-refractivity contribution in [3.05, 3.63) is 29.8 Å². The number of rotatable bonds is 4. The van der Waals surface area contributed by atoms with Gasteiger partial charge in [-0.2, -0.15) is 13.2 Å². The lowest BCUT2D eigenvalue weighted by molar-refractivity contribution is -0.136. The van der Waals surface area contributed by atoms with Crippen LogP contribution in [0.2, 0.25) is 0 Å². The van der Waals surface area contributed by atoms with Crippen molar-refractivity contribution < 1.29 is 18.0 Å². The average molecular weight is 329 g/mol. The minimum atomic E-state index is -4.49. The first kappa shape index (κ1) is 17.6. The zero-order chi connectivity index (χ0) is 16.9. The van der Waals surface area contributed by atoms with Crippen LogP contribution >= 0.6 is 0 Å². The van der Waals surface area contributed by atoms with Crippen LogP contribution in [-0.2, 0) is 6.18 Å². The van der Waals surface area contributed by atoms with E-state index in [2.05, 4.69) is 10.6 Å². The Kier molecular flexibility index (Phi) is 5.87. The molecule has 4 nitrogen and oxygen atoms in total. The second-order valence-corrected chi connectivity index (χ2v) is 5.65. The van der Waals surface area contributed by atoms with Gasteiger partial charge in [-0.05, 0) is 44.5 Å². The highest BCUT2D eigenvalue weighted by Crippen LogP contribution is 2.34. The van der Waals surface area contributed by atoms with Gasteiger partial charge in [0.25, 0.3) is 0 Å². The number of nitrogens with one attached hydrogen (secondary N) is 2. The molecule has 0 atom stereocenters. The summed E-state index contributed by atoms with van der Waals surface area (Å²) in [6, 6.07) is 4.66. The molecule has 1 aromatic rings. The standard InChI is InChI=1S/C16H22F3N3O/c1-2-11-22(12-7-9-20-10-8-12)15(23)21-14-6-4-3-5-13(14)16(17,18)19/h3-6,12,20H,2,7-11H2,1H3,(H,21,23). The van der Waals surface area contributed by atoms with Crippen LogP contribution < -0.4 is 10.6 Å². The number of hydrogen-bond donors (Lipinski definition) is 2. The maximum absolute atomic E-state index is 13.0. The van der Waals surface area contributed by atoms with E-state index in [1.165, 1.54) is 18.2 Å². The molecule has 0 bridgehead atoms. The van der Waals surface area contributed by atoms with Crippen molar-refractivity contribution in [2.24, 2.45) is 0 Å². The summed E-state index contributed by atoms with van der Waals surface area (Å²) in [5, 5.41) is 5.67. The Labute approximate surface area is 134 Å². The van der Waals surface area contributed by atoms with E-state index in [1.807, 2.05) is 6.92 Å². The molecule has 1 aromatic carbocycles. The van der Waals surface area contributed by atoms with Gasteiger partial charge in [0.1, 0.15) is 0 Å². The summed E-state index contributed by atoms with van der Waals surface area (Å²) in [6.45, 7) is 4.12. The van der Waals surface area contributed by atoms with Crippen LogP contribution in [0.1, 0.15) is 31.7 Å². The lowest BCUT2D eigenvalue weighted by Gasteiger charge is -2.34. The average Bonchev–Trinajstić information content (AvgIpc) is 2.53. The van der Waals surface area contributed by atoms with Crippen molar-refractivity contribution in [3.63, 3.8) is 0 Å². The number of carbonyl (C=O) groups is 1. The number of hydrogen-bond acceptors (Lipinski definition) is 2. The van der Waals surface area contributed by atoms with Crippen LogP contribution in [0.15, 0.2) is 24.3 Å². The number of benzene rings is 1. The van der Waals surface area contributed by atoms with E-state index in [0.717, 1.165) is 38.4 Å². The fourth-order valence-corrected chi connectivity index (χ4v) is 2.84. The maximum atomic E-state index is 13.0. The Hall–Kier alpha value is -1.76. The molecule has 2 N–H and O–H groups in total. The Morgan fingerprint density at radius 1 is 1.30 bits per heavy atom. The molecule has 7 heteroatoms. The molecule has 0 aliphatic carbocycles. The molecule has 2 amide bonds. The van der Waals surface area contributed by atoms with Gasteiger partial charge in [0.2, 0.25) is 0 Å². The van der Waals surface area contributed by atoms with Gasteiger partial charge in [0.05, 0.1) is 11.3 Å². The predicted molar refractivity (Wildman–Crippen MR) is 83.4 cm³/mol. The summed E-state index contributed by atoms with van der Waals surface area (Å²) in [5.74, 6) is 0. The van der Waals surface area contributed by atoms with E-state index in [9.17, 15) is 18.0 Å². The lowest BCUT2D eigenvalue weighted by atomic mass is 10.0. The van der Waals surface area contributed by atoms with Crippen molar-refractivity contribution in [2.45, 2.75) is 38.4 Å². The molecule has 0 saturated carbocycles. The quantitative estimate of drug-likeness (QED) is 0.885. The van der Waals surface area contributed by atoms with Crippen LogP contribution in [0.5, 0.6) is 0 Å². The van der Waals surface area contributed by atoms with E-state index < -0.39 is 17.8 Å². The third-order valence-electron chi connectivity index (χ3n) is 3.95. The van der Waals surface area contributed by atoms with E-state index >= 15 is 0 Å². The number of carbonyl (C=O) groups excluding carboxylic acids is 1. The van der Waals surface area contributed by atoms with Crippen LogP contribution in [-0.4, -0.2) is 36.6 Å². The summed E-state index contributed by atoms with van der Waals surface area (Å²) in [5.41, 5.74) is -1.02. The third-order valence-corrected chi connectivity index (χ3v) is 3.95. The third kappa shape index (κ3) is 4.60. The maximum Gasteiger partial charge on any atom is 0.418 e. The number of anilines is 1. The highest BCUT2D eigenvalue weighted by Gasteiger charge is 2.34. The van der Waals surface area contributed by atoms with Gasteiger partial charge in [-0.1, -0.05) is 19.1 Å². The normalized spacial score (nSPS) is 16.2. The van der Waals surface area contributed by atoms with E-state index in [0.29, 0.717) is 6.54 Å². The van der Waals surface area contributed by atoms with Gasteiger partial charge in [-0.15, -0.1) is 0 Å². The van der Waals surface area contributed by atoms with Crippen LogP contribution in [0.4, 0.5) is 23.7 Å². The van der Waals surface area contributed by atoms with Crippen molar-refractivity contribution in [1.82, 2.24) is 10.2 Å². The van der Waals surface area contributed by atoms with Crippen molar-refractivity contribution in [3.8, 4) is 0 Å². The Bertz CT molecular complexity index is 528. The van der Waals surface area contributed by atoms with Crippen molar-refractivity contribution >= 4 is 11.7 Å². The number of amides is 2. The number of piperidine rings is 1. The van der Waals surface area contributed by atoms with Crippen LogP contribution in [0, 0.1) is 0 Å². The van der Waals surface area contributed by atoms with Gasteiger partial charge in [0.15, 0.2) is 0 Å². The molecule has 1 aliphatic heterocycles. The van der Waals surface area contributed by atoms with Gasteiger partial charge in [-0.25, -0.2) is 4.79 Å².